The van der Waals surface area contributed by atoms with E-state index < -0.39 is 0 Å². The van der Waals surface area contributed by atoms with Gasteiger partial charge in [-0.2, -0.15) is 0 Å². The Labute approximate surface area is 143 Å². The first-order valence-electron chi connectivity index (χ1n) is 9.03. The van der Waals surface area contributed by atoms with E-state index in [2.05, 4.69) is 24.8 Å². The molecule has 1 atom stereocenters. The molecule has 3 rings (SSSR count). The summed E-state index contributed by atoms with van der Waals surface area (Å²) in [5, 5.41) is 11.6. The Morgan fingerprint density at radius 1 is 1.21 bits per heavy atom. The zero-order valence-electron chi connectivity index (χ0n) is 15.0. The van der Waals surface area contributed by atoms with Gasteiger partial charge in [0, 0.05) is 37.8 Å². The van der Waals surface area contributed by atoms with E-state index in [1.165, 1.54) is 5.56 Å². The van der Waals surface area contributed by atoms with Crippen molar-refractivity contribution in [3.05, 3.63) is 45.9 Å². The highest BCUT2D eigenvalue weighted by molar-refractivity contribution is 5.85. The van der Waals surface area contributed by atoms with E-state index in [1.54, 1.807) is 0 Å². The average molecular weight is 328 g/mol. The molecule has 1 fully saturated rings. The summed E-state index contributed by atoms with van der Waals surface area (Å²) in [6.07, 6.45) is 2.52. The number of pyridine rings is 1. The molecule has 1 unspecified atom stereocenters. The fraction of sp³-hybridized carbons (Fsp3) is 0.550. The average Bonchev–Trinajstić information content (AvgIpc) is 2.61. The lowest BCUT2D eigenvalue weighted by atomic mass is 9.93. The largest absolute Gasteiger partial charge is 0.393 e. The van der Waals surface area contributed by atoms with Gasteiger partial charge in [0.25, 0.3) is 5.56 Å². The van der Waals surface area contributed by atoms with Crippen molar-refractivity contribution in [2.45, 2.75) is 51.7 Å². The van der Waals surface area contributed by atoms with Crippen LogP contribution in [0.15, 0.2) is 29.1 Å². The van der Waals surface area contributed by atoms with Crippen LogP contribution in [0, 0.1) is 0 Å². The minimum Gasteiger partial charge on any atom is -0.393 e. The number of piperidine rings is 1. The maximum Gasteiger partial charge on any atom is 0.258 e. The molecular formula is C20H28N2O2. The number of rotatable bonds is 4. The molecule has 1 aromatic heterocycles. The molecule has 1 saturated heterocycles. The molecule has 130 valence electrons. The minimum atomic E-state index is -0.160. The lowest BCUT2D eigenvalue weighted by molar-refractivity contribution is 0.0791. The van der Waals surface area contributed by atoms with Crippen molar-refractivity contribution in [2.24, 2.45) is 7.05 Å². The summed E-state index contributed by atoms with van der Waals surface area (Å²) in [7, 11) is 1.90. The monoisotopic (exact) mass is 328 g/mol. The molecule has 1 aliphatic rings. The topological polar surface area (TPSA) is 45.5 Å². The van der Waals surface area contributed by atoms with E-state index in [-0.39, 0.29) is 11.7 Å². The molecule has 1 N–H and O–H groups in total. The maximum absolute atomic E-state index is 12.8. The van der Waals surface area contributed by atoms with Gasteiger partial charge in [-0.25, -0.2) is 0 Å². The molecule has 0 bridgehead atoms. The predicted octanol–water partition coefficient (Wildman–Crippen LogP) is 3.01. The standard InChI is InChI=1S/C20H28N2O2/c1-4-14(2)19-18(13-22-11-9-15(23)10-12-22)16-7-5-6-8-17(16)20(24)21(19)3/h5-8,14-15,23H,4,9-13H2,1-3H3. The third kappa shape index (κ3) is 3.13. The van der Waals surface area contributed by atoms with Crippen molar-refractivity contribution in [2.75, 3.05) is 13.1 Å². The Bertz CT molecular complexity index is 773. The van der Waals surface area contributed by atoms with Crippen molar-refractivity contribution in [3.63, 3.8) is 0 Å². The summed E-state index contributed by atoms with van der Waals surface area (Å²) in [6, 6.07) is 7.97. The SMILES string of the molecule is CCC(C)c1c(CN2CCC(O)CC2)c2ccccc2c(=O)n1C. The van der Waals surface area contributed by atoms with Crippen LogP contribution in [0.5, 0.6) is 0 Å². The molecule has 0 saturated carbocycles. The highest BCUT2D eigenvalue weighted by atomic mass is 16.3. The molecule has 24 heavy (non-hydrogen) atoms. The zero-order chi connectivity index (χ0) is 17.3. The van der Waals surface area contributed by atoms with Gasteiger partial charge in [0.1, 0.15) is 0 Å². The molecular weight excluding hydrogens is 300 g/mol. The van der Waals surface area contributed by atoms with Crippen LogP contribution >= 0.6 is 0 Å². The van der Waals surface area contributed by atoms with Gasteiger partial charge >= 0.3 is 0 Å². The fourth-order valence-electron chi connectivity index (χ4n) is 3.85. The second-order valence-corrected chi connectivity index (χ2v) is 7.09. The molecule has 0 aliphatic carbocycles. The lowest BCUT2D eigenvalue weighted by Gasteiger charge is -2.31. The molecule has 1 aliphatic heterocycles. The highest BCUT2D eigenvalue weighted by Gasteiger charge is 2.22. The summed E-state index contributed by atoms with van der Waals surface area (Å²) in [4.78, 5) is 15.2. The molecule has 4 nitrogen and oxygen atoms in total. The van der Waals surface area contributed by atoms with E-state index in [0.29, 0.717) is 5.92 Å². The van der Waals surface area contributed by atoms with Gasteiger partial charge in [-0.15, -0.1) is 0 Å². The Morgan fingerprint density at radius 2 is 1.83 bits per heavy atom. The van der Waals surface area contributed by atoms with Crippen LogP contribution in [0.3, 0.4) is 0 Å². The van der Waals surface area contributed by atoms with Crippen LogP contribution in [-0.4, -0.2) is 33.8 Å². The van der Waals surface area contributed by atoms with Crippen LogP contribution in [0.1, 0.15) is 50.3 Å². The van der Waals surface area contributed by atoms with Gasteiger partial charge < -0.3 is 9.67 Å². The molecule has 1 aromatic carbocycles. The predicted molar refractivity (Wildman–Crippen MR) is 98.4 cm³/mol. The van der Waals surface area contributed by atoms with Gasteiger partial charge in [0.2, 0.25) is 0 Å². The second kappa shape index (κ2) is 7.08. The van der Waals surface area contributed by atoms with Crippen molar-refractivity contribution in [3.8, 4) is 0 Å². The second-order valence-electron chi connectivity index (χ2n) is 7.09. The van der Waals surface area contributed by atoms with E-state index in [4.69, 9.17) is 0 Å². The summed E-state index contributed by atoms with van der Waals surface area (Å²) in [5.41, 5.74) is 2.53. The van der Waals surface area contributed by atoms with Crippen LogP contribution in [0.4, 0.5) is 0 Å². The highest BCUT2D eigenvalue weighted by Crippen LogP contribution is 2.29. The number of benzene rings is 1. The third-order valence-corrected chi connectivity index (χ3v) is 5.48. The van der Waals surface area contributed by atoms with E-state index in [1.807, 2.05) is 29.8 Å². The van der Waals surface area contributed by atoms with E-state index >= 15 is 0 Å². The number of aliphatic hydroxyl groups excluding tert-OH is 1. The van der Waals surface area contributed by atoms with Gasteiger partial charge in [-0.05, 0) is 42.2 Å². The van der Waals surface area contributed by atoms with Gasteiger partial charge in [0.05, 0.1) is 6.10 Å². The van der Waals surface area contributed by atoms with Crippen molar-refractivity contribution < 1.29 is 5.11 Å². The molecule has 0 amide bonds. The molecule has 4 heteroatoms. The minimum absolute atomic E-state index is 0.0960. The van der Waals surface area contributed by atoms with Crippen LogP contribution in [0.2, 0.25) is 0 Å². The summed E-state index contributed by atoms with van der Waals surface area (Å²) in [5.74, 6) is 0.345. The Hall–Kier alpha value is -1.65. The van der Waals surface area contributed by atoms with Crippen molar-refractivity contribution >= 4 is 10.8 Å². The first kappa shape index (κ1) is 17.2. The molecule has 2 aromatic rings. The third-order valence-electron chi connectivity index (χ3n) is 5.48. The van der Waals surface area contributed by atoms with Gasteiger partial charge in [-0.1, -0.05) is 32.0 Å². The van der Waals surface area contributed by atoms with Crippen molar-refractivity contribution in [1.82, 2.24) is 9.47 Å². The normalized spacial score (nSPS) is 18.2. The number of hydrogen-bond acceptors (Lipinski definition) is 3. The van der Waals surface area contributed by atoms with E-state index in [9.17, 15) is 9.90 Å². The summed E-state index contributed by atoms with van der Waals surface area (Å²) >= 11 is 0. The van der Waals surface area contributed by atoms with Crippen LogP contribution in [0.25, 0.3) is 10.8 Å². The zero-order valence-corrected chi connectivity index (χ0v) is 15.0. The van der Waals surface area contributed by atoms with Gasteiger partial charge in [0.15, 0.2) is 0 Å². The quantitative estimate of drug-likeness (QED) is 0.938. The lowest BCUT2D eigenvalue weighted by Crippen LogP contribution is -2.36. The van der Waals surface area contributed by atoms with Crippen LogP contribution < -0.4 is 5.56 Å². The first-order valence-corrected chi connectivity index (χ1v) is 9.03. The summed E-state index contributed by atoms with van der Waals surface area (Å²) < 4.78 is 1.85. The Morgan fingerprint density at radius 3 is 2.46 bits per heavy atom. The van der Waals surface area contributed by atoms with Crippen molar-refractivity contribution in [1.29, 1.82) is 0 Å². The Balaban J connectivity index is 2.12. The van der Waals surface area contributed by atoms with Crippen LogP contribution in [-0.2, 0) is 13.6 Å². The fourth-order valence-corrected chi connectivity index (χ4v) is 3.85. The number of hydrogen-bond donors (Lipinski definition) is 1. The molecule has 0 spiro atoms. The van der Waals surface area contributed by atoms with E-state index in [0.717, 1.165) is 55.4 Å². The number of aromatic nitrogens is 1. The number of likely N-dealkylation sites (tertiary alicyclic amines) is 1. The number of nitrogens with zero attached hydrogens (tertiary/aromatic N) is 2. The molecule has 0 radical (unpaired) electrons. The van der Waals surface area contributed by atoms with Gasteiger partial charge in [-0.3, -0.25) is 9.69 Å². The Kier molecular flexibility index (Phi) is 5.07. The maximum atomic E-state index is 12.8. The number of fused-ring (bicyclic) bond motifs is 1. The smallest absolute Gasteiger partial charge is 0.258 e. The first-order chi connectivity index (χ1) is 11.5. The number of aliphatic hydroxyl groups is 1. The summed E-state index contributed by atoms with van der Waals surface area (Å²) in [6.45, 7) is 7.05. The molecule has 2 heterocycles.